The number of rotatable bonds is 5. The lowest BCUT2D eigenvalue weighted by Crippen LogP contribution is -2.35. The molecule has 1 fully saturated rings. The maximum Gasteiger partial charge on any atom is 0.0644 e. The molecule has 98 valence electrons. The Morgan fingerprint density at radius 1 is 1.50 bits per heavy atom. The highest BCUT2D eigenvalue weighted by Gasteiger charge is 2.23. The summed E-state index contributed by atoms with van der Waals surface area (Å²) in [5.74, 6) is 0.478. The van der Waals surface area contributed by atoms with Crippen LogP contribution < -0.4 is 0 Å². The molecule has 0 aromatic carbocycles. The van der Waals surface area contributed by atoms with E-state index in [1.807, 2.05) is 10.7 Å². The molecule has 0 saturated carbocycles. The average molecular weight is 248 g/mol. The van der Waals surface area contributed by atoms with Gasteiger partial charge in [0.1, 0.15) is 0 Å². The Bertz CT molecular complexity index is 409. The third kappa shape index (κ3) is 3.09. The van der Waals surface area contributed by atoms with Crippen LogP contribution in [0.25, 0.3) is 0 Å². The molecule has 5 heteroatoms. The maximum absolute atomic E-state index is 9.02. The molecule has 2 heterocycles. The summed E-state index contributed by atoms with van der Waals surface area (Å²) in [5.41, 5.74) is 1.21. The summed E-state index contributed by atoms with van der Waals surface area (Å²) in [6, 6.07) is 4.25. The minimum absolute atomic E-state index is 0.125. The van der Waals surface area contributed by atoms with E-state index in [0.29, 0.717) is 18.9 Å². The quantitative estimate of drug-likeness (QED) is 0.843. The molecule has 0 aliphatic carbocycles. The summed E-state index contributed by atoms with van der Waals surface area (Å²) in [5, 5.41) is 21.9. The van der Waals surface area contributed by atoms with Crippen molar-refractivity contribution in [1.29, 1.82) is 5.26 Å². The van der Waals surface area contributed by atoms with Crippen LogP contribution in [0, 0.1) is 11.3 Å². The van der Waals surface area contributed by atoms with Gasteiger partial charge in [0, 0.05) is 37.3 Å². The van der Waals surface area contributed by atoms with Crippen LogP contribution in [0.3, 0.4) is 0 Å². The van der Waals surface area contributed by atoms with Crippen molar-refractivity contribution in [2.75, 3.05) is 26.2 Å². The SMILES string of the molecule is N#CCCN1CCC[C@H](c2ccnn2CCO)C1. The first-order valence-electron chi connectivity index (χ1n) is 6.57. The third-order valence-corrected chi connectivity index (χ3v) is 3.52. The average Bonchev–Trinajstić information content (AvgIpc) is 2.85. The van der Waals surface area contributed by atoms with E-state index < -0.39 is 0 Å². The molecule has 1 aliphatic heterocycles. The smallest absolute Gasteiger partial charge is 0.0644 e. The number of hydrogen-bond donors (Lipinski definition) is 1. The highest BCUT2D eigenvalue weighted by molar-refractivity contribution is 5.10. The van der Waals surface area contributed by atoms with E-state index in [4.69, 9.17) is 10.4 Å². The molecule has 0 unspecified atom stereocenters. The van der Waals surface area contributed by atoms with Gasteiger partial charge >= 0.3 is 0 Å². The minimum Gasteiger partial charge on any atom is -0.394 e. The van der Waals surface area contributed by atoms with Crippen molar-refractivity contribution in [1.82, 2.24) is 14.7 Å². The third-order valence-electron chi connectivity index (χ3n) is 3.52. The maximum atomic E-state index is 9.02. The van der Waals surface area contributed by atoms with Crippen LogP contribution >= 0.6 is 0 Å². The van der Waals surface area contributed by atoms with Gasteiger partial charge in [0.2, 0.25) is 0 Å². The lowest BCUT2D eigenvalue weighted by atomic mass is 9.94. The van der Waals surface area contributed by atoms with Gasteiger partial charge in [-0.15, -0.1) is 0 Å². The lowest BCUT2D eigenvalue weighted by molar-refractivity contribution is 0.204. The van der Waals surface area contributed by atoms with E-state index in [0.717, 1.165) is 19.6 Å². The van der Waals surface area contributed by atoms with E-state index in [-0.39, 0.29) is 6.61 Å². The fourth-order valence-corrected chi connectivity index (χ4v) is 2.68. The topological polar surface area (TPSA) is 65.1 Å². The van der Waals surface area contributed by atoms with Gasteiger partial charge in [-0.2, -0.15) is 10.4 Å². The normalized spacial score (nSPS) is 20.8. The number of nitriles is 1. The van der Waals surface area contributed by atoms with Gasteiger partial charge in [-0.1, -0.05) is 0 Å². The molecule has 0 spiro atoms. The van der Waals surface area contributed by atoms with Crippen LogP contribution in [0.5, 0.6) is 0 Å². The number of aromatic nitrogens is 2. The predicted octanol–water partition coefficient (Wildman–Crippen LogP) is 0.968. The molecule has 0 radical (unpaired) electrons. The van der Waals surface area contributed by atoms with Gasteiger partial charge in [0.25, 0.3) is 0 Å². The Labute approximate surface area is 108 Å². The van der Waals surface area contributed by atoms with Crippen molar-refractivity contribution in [3.63, 3.8) is 0 Å². The standard InChI is InChI=1S/C13H20N4O/c14-5-2-8-16-7-1-3-12(11-16)13-4-6-15-17(13)9-10-18/h4,6,12,18H,1-3,7-11H2/t12-/m0/s1. The zero-order valence-electron chi connectivity index (χ0n) is 10.6. The van der Waals surface area contributed by atoms with E-state index in [9.17, 15) is 0 Å². The number of aliphatic hydroxyl groups is 1. The molecule has 0 amide bonds. The molecule has 2 rings (SSSR count). The second-order valence-corrected chi connectivity index (χ2v) is 4.75. The summed E-state index contributed by atoms with van der Waals surface area (Å²) in [6.45, 7) is 3.64. The van der Waals surface area contributed by atoms with E-state index in [1.54, 1.807) is 6.20 Å². The van der Waals surface area contributed by atoms with Crippen LogP contribution in [0.2, 0.25) is 0 Å². The van der Waals surface area contributed by atoms with Gasteiger partial charge in [-0.25, -0.2) is 0 Å². The van der Waals surface area contributed by atoms with E-state index in [1.165, 1.54) is 18.5 Å². The monoisotopic (exact) mass is 248 g/mol. The van der Waals surface area contributed by atoms with Crippen LogP contribution in [0.15, 0.2) is 12.3 Å². The van der Waals surface area contributed by atoms with Crippen LogP contribution in [0.4, 0.5) is 0 Å². The number of likely N-dealkylation sites (tertiary alicyclic amines) is 1. The van der Waals surface area contributed by atoms with Crippen molar-refractivity contribution in [3.8, 4) is 6.07 Å². The van der Waals surface area contributed by atoms with Gasteiger partial charge in [-0.3, -0.25) is 4.68 Å². The zero-order chi connectivity index (χ0) is 12.8. The highest BCUT2D eigenvalue weighted by atomic mass is 16.3. The van der Waals surface area contributed by atoms with E-state index in [2.05, 4.69) is 16.1 Å². The Hall–Kier alpha value is -1.38. The molecule has 18 heavy (non-hydrogen) atoms. The van der Waals surface area contributed by atoms with Crippen LogP contribution in [-0.2, 0) is 6.54 Å². The van der Waals surface area contributed by atoms with Crippen molar-refractivity contribution in [2.45, 2.75) is 31.7 Å². The first-order valence-corrected chi connectivity index (χ1v) is 6.57. The number of hydrogen-bond acceptors (Lipinski definition) is 4. The first-order chi connectivity index (χ1) is 8.85. The van der Waals surface area contributed by atoms with Crippen molar-refractivity contribution >= 4 is 0 Å². The number of aliphatic hydroxyl groups excluding tert-OH is 1. The van der Waals surface area contributed by atoms with Gasteiger partial charge < -0.3 is 10.0 Å². The first kappa shape index (κ1) is 13.1. The Kier molecular flexibility index (Phi) is 4.73. The summed E-state index contributed by atoms with van der Waals surface area (Å²) < 4.78 is 1.90. The summed E-state index contributed by atoms with van der Waals surface area (Å²) in [6.07, 6.45) is 4.74. The minimum atomic E-state index is 0.125. The molecule has 1 aromatic rings. The molecule has 1 aromatic heterocycles. The summed E-state index contributed by atoms with van der Waals surface area (Å²) in [7, 11) is 0. The Morgan fingerprint density at radius 2 is 2.39 bits per heavy atom. The number of nitrogens with zero attached hydrogens (tertiary/aromatic N) is 4. The molecule has 5 nitrogen and oxygen atoms in total. The fourth-order valence-electron chi connectivity index (χ4n) is 2.68. The van der Waals surface area contributed by atoms with Gasteiger partial charge in [0.05, 0.1) is 19.2 Å². The summed E-state index contributed by atoms with van der Waals surface area (Å²) in [4.78, 5) is 2.35. The summed E-state index contributed by atoms with van der Waals surface area (Å²) >= 11 is 0. The second-order valence-electron chi connectivity index (χ2n) is 4.75. The molecule has 1 N–H and O–H groups in total. The number of piperidine rings is 1. The predicted molar refractivity (Wildman–Crippen MR) is 68.0 cm³/mol. The molecular weight excluding hydrogens is 228 g/mol. The van der Waals surface area contributed by atoms with Crippen molar-refractivity contribution < 1.29 is 5.11 Å². The Morgan fingerprint density at radius 3 is 3.17 bits per heavy atom. The zero-order valence-corrected chi connectivity index (χ0v) is 10.6. The van der Waals surface area contributed by atoms with Gasteiger partial charge in [-0.05, 0) is 25.5 Å². The van der Waals surface area contributed by atoms with Crippen molar-refractivity contribution in [2.24, 2.45) is 0 Å². The molecule has 1 aliphatic rings. The molecule has 1 atom stereocenters. The van der Waals surface area contributed by atoms with E-state index >= 15 is 0 Å². The van der Waals surface area contributed by atoms with Crippen molar-refractivity contribution in [3.05, 3.63) is 18.0 Å². The lowest BCUT2D eigenvalue weighted by Gasteiger charge is -2.32. The van der Waals surface area contributed by atoms with Crippen LogP contribution in [-0.4, -0.2) is 46.0 Å². The molecular formula is C13H20N4O. The molecule has 0 bridgehead atoms. The molecule has 1 saturated heterocycles. The Balaban J connectivity index is 1.99. The fraction of sp³-hybridized carbons (Fsp3) is 0.692. The van der Waals surface area contributed by atoms with Gasteiger partial charge in [0.15, 0.2) is 0 Å². The largest absolute Gasteiger partial charge is 0.394 e. The second kappa shape index (κ2) is 6.53. The van der Waals surface area contributed by atoms with Crippen LogP contribution in [0.1, 0.15) is 30.9 Å². The highest BCUT2D eigenvalue weighted by Crippen LogP contribution is 2.26.